The van der Waals surface area contributed by atoms with E-state index in [-0.39, 0.29) is 0 Å². The number of aryl methyl sites for hydroxylation is 1. The summed E-state index contributed by atoms with van der Waals surface area (Å²) in [7, 11) is 0. The van der Waals surface area contributed by atoms with Crippen LogP contribution in [0.4, 0.5) is 0 Å². The van der Waals surface area contributed by atoms with E-state index in [1.54, 1.807) is 11.0 Å². The Morgan fingerprint density at radius 2 is 1.88 bits per heavy atom. The second kappa shape index (κ2) is 7.92. The molecule has 0 aliphatic carbocycles. The number of nitrogens with one attached hydrogen (secondary N) is 1. The minimum absolute atomic E-state index is 0.373. The predicted molar refractivity (Wildman–Crippen MR) is 130 cm³/mol. The Labute approximate surface area is 194 Å². The molecule has 0 radical (unpaired) electrons. The molecule has 1 aromatic carbocycles. The third kappa shape index (κ3) is 3.37. The van der Waals surface area contributed by atoms with E-state index in [1.165, 1.54) is 48.0 Å². The summed E-state index contributed by atoms with van der Waals surface area (Å²) in [5.41, 5.74) is 9.14. The van der Waals surface area contributed by atoms with Gasteiger partial charge in [-0.15, -0.1) is 14.8 Å². The van der Waals surface area contributed by atoms with Crippen LogP contribution in [0, 0.1) is 13.8 Å². The molecule has 2 aliphatic heterocycles. The van der Waals surface area contributed by atoms with Gasteiger partial charge in [0.2, 0.25) is 0 Å². The lowest BCUT2D eigenvalue weighted by Gasteiger charge is -2.41. The van der Waals surface area contributed by atoms with Crippen molar-refractivity contribution >= 4 is 16.6 Å². The van der Waals surface area contributed by atoms with Gasteiger partial charge in [-0.3, -0.25) is 4.90 Å². The van der Waals surface area contributed by atoms with Gasteiger partial charge in [-0.05, 0) is 80.4 Å². The Kier molecular flexibility index (Phi) is 4.99. The molecule has 1 N–H and O–H groups in total. The van der Waals surface area contributed by atoms with Crippen LogP contribution in [-0.4, -0.2) is 62.0 Å². The smallest absolute Gasteiger partial charge is 0.179 e. The molecular formula is C26H32N6O. The number of aromatic nitrogens is 5. The number of likely N-dealkylation sites (tertiary alicyclic amines) is 1. The second-order valence-electron chi connectivity index (χ2n) is 10.0. The number of fused-ring (bicyclic) bond motifs is 2. The van der Waals surface area contributed by atoms with Crippen molar-refractivity contribution in [2.24, 2.45) is 0 Å². The summed E-state index contributed by atoms with van der Waals surface area (Å²) >= 11 is 0. The SMILES string of the molecule is Cc1c(-c2[nH]c3ccc(C4CCN(C5COC5)CC4)cc3c2C(C)C)nn2ncnc2c1C. The normalized spacial score (nSPS) is 18.6. The van der Waals surface area contributed by atoms with Crippen LogP contribution < -0.4 is 0 Å². The van der Waals surface area contributed by atoms with Crippen molar-refractivity contribution in [2.75, 3.05) is 26.3 Å². The maximum Gasteiger partial charge on any atom is 0.179 e. The molecular weight excluding hydrogens is 412 g/mol. The van der Waals surface area contributed by atoms with Crippen LogP contribution in [-0.2, 0) is 4.74 Å². The van der Waals surface area contributed by atoms with Crippen molar-refractivity contribution in [2.45, 2.75) is 58.4 Å². The lowest BCUT2D eigenvalue weighted by molar-refractivity contribution is -0.0712. The highest BCUT2D eigenvalue weighted by Crippen LogP contribution is 2.39. The fourth-order valence-corrected chi connectivity index (χ4v) is 5.61. The van der Waals surface area contributed by atoms with Gasteiger partial charge in [0.1, 0.15) is 12.0 Å². The average molecular weight is 445 g/mol. The Hall–Kier alpha value is -2.77. The van der Waals surface area contributed by atoms with E-state index < -0.39 is 0 Å². The van der Waals surface area contributed by atoms with E-state index in [1.807, 2.05) is 0 Å². The van der Waals surface area contributed by atoms with Crippen LogP contribution in [0.2, 0.25) is 0 Å². The molecule has 0 atom stereocenters. The lowest BCUT2D eigenvalue weighted by atomic mass is 9.87. The molecule has 4 aromatic rings. The molecule has 0 saturated carbocycles. The van der Waals surface area contributed by atoms with Gasteiger partial charge in [-0.1, -0.05) is 19.9 Å². The fourth-order valence-electron chi connectivity index (χ4n) is 5.61. The highest BCUT2D eigenvalue weighted by Gasteiger charge is 2.30. The van der Waals surface area contributed by atoms with Crippen LogP contribution in [0.5, 0.6) is 0 Å². The molecule has 0 bridgehead atoms. The maximum absolute atomic E-state index is 5.40. The van der Waals surface area contributed by atoms with E-state index in [4.69, 9.17) is 9.84 Å². The number of piperidine rings is 1. The number of hydrogen-bond donors (Lipinski definition) is 1. The van der Waals surface area contributed by atoms with Gasteiger partial charge < -0.3 is 9.72 Å². The van der Waals surface area contributed by atoms with Gasteiger partial charge in [0.25, 0.3) is 0 Å². The highest BCUT2D eigenvalue weighted by molar-refractivity contribution is 5.92. The van der Waals surface area contributed by atoms with Crippen LogP contribution >= 0.6 is 0 Å². The summed E-state index contributed by atoms with van der Waals surface area (Å²) in [6.45, 7) is 12.9. The largest absolute Gasteiger partial charge is 0.378 e. The van der Waals surface area contributed by atoms with Gasteiger partial charge in [0, 0.05) is 16.5 Å². The summed E-state index contributed by atoms with van der Waals surface area (Å²) in [6, 6.07) is 7.68. The number of rotatable bonds is 4. The Morgan fingerprint density at radius 3 is 2.58 bits per heavy atom. The van der Waals surface area contributed by atoms with Gasteiger partial charge >= 0.3 is 0 Å². The van der Waals surface area contributed by atoms with Gasteiger partial charge in [0.15, 0.2) is 5.65 Å². The van der Waals surface area contributed by atoms with E-state index in [0.717, 1.165) is 41.4 Å². The van der Waals surface area contributed by atoms with E-state index in [2.05, 4.69) is 65.9 Å². The summed E-state index contributed by atoms with van der Waals surface area (Å²) in [5, 5.41) is 10.5. The van der Waals surface area contributed by atoms with Crippen molar-refractivity contribution in [3.05, 3.63) is 46.8 Å². The Balaban J connectivity index is 1.40. The maximum atomic E-state index is 5.40. The summed E-state index contributed by atoms with van der Waals surface area (Å²) < 4.78 is 7.05. The zero-order valence-electron chi connectivity index (χ0n) is 19.9. The molecule has 33 heavy (non-hydrogen) atoms. The zero-order chi connectivity index (χ0) is 22.7. The van der Waals surface area contributed by atoms with Crippen molar-refractivity contribution < 1.29 is 4.74 Å². The van der Waals surface area contributed by atoms with Gasteiger partial charge in [0.05, 0.1) is 24.9 Å². The predicted octanol–water partition coefficient (Wildman–Crippen LogP) is 4.59. The third-order valence-corrected chi connectivity index (χ3v) is 7.79. The number of benzene rings is 1. The molecule has 2 fully saturated rings. The molecule has 0 unspecified atom stereocenters. The first-order valence-electron chi connectivity index (χ1n) is 12.2. The number of ether oxygens (including phenoxy) is 1. The van der Waals surface area contributed by atoms with E-state index in [0.29, 0.717) is 17.9 Å². The molecule has 0 amide bonds. The Bertz CT molecular complexity index is 1320. The van der Waals surface area contributed by atoms with Crippen LogP contribution in [0.3, 0.4) is 0 Å². The number of aromatic amines is 1. The molecule has 0 spiro atoms. The molecule has 2 saturated heterocycles. The third-order valence-electron chi connectivity index (χ3n) is 7.79. The van der Waals surface area contributed by atoms with Crippen LogP contribution in [0.25, 0.3) is 27.9 Å². The van der Waals surface area contributed by atoms with E-state index >= 15 is 0 Å². The average Bonchev–Trinajstić information content (AvgIpc) is 3.39. The molecule has 6 rings (SSSR count). The summed E-state index contributed by atoms with van der Waals surface area (Å²) in [5.74, 6) is 0.996. The first-order chi connectivity index (χ1) is 16.0. The molecule has 7 nitrogen and oxygen atoms in total. The molecule has 172 valence electrons. The number of H-pyrrole nitrogens is 1. The highest BCUT2D eigenvalue weighted by atomic mass is 16.5. The standard InChI is InChI=1S/C26H32N6O/c1-15(2)23-21-11-19(18-7-9-31(10-8-18)20-12-33-13-20)5-6-22(21)29-25(23)24-16(3)17(4)26-27-14-28-32(26)30-24/h5-6,11,14-15,18,20,29H,7-10,12-13H2,1-4H3. The number of nitrogens with zero attached hydrogens (tertiary/aromatic N) is 5. The van der Waals surface area contributed by atoms with Gasteiger partial charge in [-0.25, -0.2) is 4.98 Å². The van der Waals surface area contributed by atoms with Crippen molar-refractivity contribution in [1.82, 2.24) is 29.7 Å². The fraction of sp³-hybridized carbons (Fsp3) is 0.500. The first-order valence-corrected chi connectivity index (χ1v) is 12.2. The number of hydrogen-bond acceptors (Lipinski definition) is 5. The van der Waals surface area contributed by atoms with Crippen molar-refractivity contribution in [3.63, 3.8) is 0 Å². The van der Waals surface area contributed by atoms with Crippen LogP contribution in [0.15, 0.2) is 24.5 Å². The van der Waals surface area contributed by atoms with Crippen LogP contribution in [0.1, 0.15) is 60.8 Å². The molecule has 3 aromatic heterocycles. The minimum atomic E-state index is 0.373. The molecule has 2 aliphatic rings. The van der Waals surface area contributed by atoms with Crippen molar-refractivity contribution in [1.29, 1.82) is 0 Å². The van der Waals surface area contributed by atoms with Gasteiger partial charge in [-0.2, -0.15) is 0 Å². The zero-order valence-corrected chi connectivity index (χ0v) is 19.9. The van der Waals surface area contributed by atoms with Crippen molar-refractivity contribution in [3.8, 4) is 11.4 Å². The summed E-state index contributed by atoms with van der Waals surface area (Å²) in [4.78, 5) is 10.7. The molecule has 7 heteroatoms. The monoisotopic (exact) mass is 444 g/mol. The summed E-state index contributed by atoms with van der Waals surface area (Å²) in [6.07, 6.45) is 4.01. The Morgan fingerprint density at radius 1 is 1.09 bits per heavy atom. The lowest BCUT2D eigenvalue weighted by Crippen LogP contribution is -2.51. The van der Waals surface area contributed by atoms with E-state index in [9.17, 15) is 0 Å². The first kappa shape index (κ1) is 20.8. The quantitative estimate of drug-likeness (QED) is 0.498. The second-order valence-corrected chi connectivity index (χ2v) is 10.0. The molecule has 5 heterocycles. The minimum Gasteiger partial charge on any atom is -0.378 e. The topological polar surface area (TPSA) is 71.3 Å².